The Kier molecular flexibility index (Phi) is 3.96. The van der Waals surface area contributed by atoms with Gasteiger partial charge >= 0.3 is 0 Å². The molecule has 0 aliphatic heterocycles. The van der Waals surface area contributed by atoms with Crippen LogP contribution in [0.2, 0.25) is 0 Å². The molecule has 0 aliphatic rings. The van der Waals surface area contributed by atoms with Gasteiger partial charge in [-0.15, -0.1) is 0 Å². The zero-order valence-electron chi connectivity index (χ0n) is 10.0. The number of aryl methyl sites for hydroxylation is 2. The average molecular weight is 270 g/mol. The van der Waals surface area contributed by atoms with Crippen LogP contribution in [0, 0.1) is 13.8 Å². The normalized spacial score (nSPS) is 11.9. The van der Waals surface area contributed by atoms with E-state index in [9.17, 15) is 0 Å². The van der Waals surface area contributed by atoms with Gasteiger partial charge in [0.25, 0.3) is 0 Å². The second-order valence-electron chi connectivity index (χ2n) is 4.97. The molecule has 1 nitrogen and oxygen atoms in total. The molecule has 1 aromatic carbocycles. The molecule has 0 bridgehead atoms. The molecule has 0 amide bonds. The minimum Gasteiger partial charge on any atom is -0.326 e. The number of rotatable bonds is 3. The quantitative estimate of drug-likeness (QED) is 0.889. The van der Waals surface area contributed by atoms with E-state index in [4.69, 9.17) is 5.73 Å². The van der Waals surface area contributed by atoms with Gasteiger partial charge in [-0.05, 0) is 57.2 Å². The van der Waals surface area contributed by atoms with Crippen molar-refractivity contribution in [1.82, 2.24) is 0 Å². The summed E-state index contributed by atoms with van der Waals surface area (Å²) in [7, 11) is 0. The number of hydrogen-bond acceptors (Lipinski definition) is 1. The summed E-state index contributed by atoms with van der Waals surface area (Å²) in [5.74, 6) is 0. The van der Waals surface area contributed by atoms with E-state index in [1.807, 2.05) is 0 Å². The van der Waals surface area contributed by atoms with E-state index in [-0.39, 0.29) is 5.54 Å². The highest BCUT2D eigenvalue weighted by atomic mass is 79.9. The van der Waals surface area contributed by atoms with Crippen LogP contribution in [0.1, 0.15) is 37.0 Å². The molecule has 0 spiro atoms. The number of benzene rings is 1. The van der Waals surface area contributed by atoms with Crippen LogP contribution in [0.15, 0.2) is 16.6 Å². The third-order valence-corrected chi connectivity index (χ3v) is 3.95. The molecule has 2 heteroatoms. The van der Waals surface area contributed by atoms with Crippen molar-refractivity contribution in [3.05, 3.63) is 33.3 Å². The molecule has 0 atom stereocenters. The molecule has 0 saturated heterocycles. The zero-order chi connectivity index (χ0) is 11.6. The van der Waals surface area contributed by atoms with Crippen LogP contribution in [0.25, 0.3) is 0 Å². The van der Waals surface area contributed by atoms with Crippen molar-refractivity contribution >= 4 is 15.9 Å². The standard InChI is InChI=1S/C13H20BrN/c1-9-5-6-11(10(2)12(9)14)7-8-13(3,4)15/h5-6H,7-8,15H2,1-4H3. The maximum Gasteiger partial charge on any atom is 0.0236 e. The summed E-state index contributed by atoms with van der Waals surface area (Å²) in [5, 5.41) is 0. The van der Waals surface area contributed by atoms with Crippen LogP contribution in [0.4, 0.5) is 0 Å². The Morgan fingerprint density at radius 1 is 1.27 bits per heavy atom. The Hall–Kier alpha value is -0.340. The smallest absolute Gasteiger partial charge is 0.0236 e. The minimum absolute atomic E-state index is 0.0796. The van der Waals surface area contributed by atoms with E-state index in [1.54, 1.807) is 0 Å². The lowest BCUT2D eigenvalue weighted by Crippen LogP contribution is -2.32. The topological polar surface area (TPSA) is 26.0 Å². The van der Waals surface area contributed by atoms with Crippen molar-refractivity contribution in [2.24, 2.45) is 5.73 Å². The summed E-state index contributed by atoms with van der Waals surface area (Å²) < 4.78 is 1.23. The van der Waals surface area contributed by atoms with Crippen LogP contribution < -0.4 is 5.73 Å². The molecule has 0 aliphatic carbocycles. The first-order valence-electron chi connectivity index (χ1n) is 5.35. The molecule has 0 radical (unpaired) electrons. The van der Waals surface area contributed by atoms with Gasteiger partial charge in [-0.3, -0.25) is 0 Å². The molecule has 84 valence electrons. The summed E-state index contributed by atoms with van der Waals surface area (Å²) in [6.45, 7) is 8.43. The van der Waals surface area contributed by atoms with Crippen LogP contribution in [0.5, 0.6) is 0 Å². The van der Waals surface area contributed by atoms with E-state index in [1.165, 1.54) is 21.2 Å². The summed E-state index contributed by atoms with van der Waals surface area (Å²) in [6, 6.07) is 4.37. The highest BCUT2D eigenvalue weighted by Gasteiger charge is 2.12. The molecule has 15 heavy (non-hydrogen) atoms. The average Bonchev–Trinajstić information content (AvgIpc) is 2.12. The van der Waals surface area contributed by atoms with Gasteiger partial charge in [0.2, 0.25) is 0 Å². The van der Waals surface area contributed by atoms with E-state index >= 15 is 0 Å². The SMILES string of the molecule is Cc1ccc(CCC(C)(C)N)c(C)c1Br. The highest BCUT2D eigenvalue weighted by molar-refractivity contribution is 9.10. The first-order chi connectivity index (χ1) is 6.81. The Morgan fingerprint density at radius 2 is 1.87 bits per heavy atom. The largest absolute Gasteiger partial charge is 0.326 e. The fourth-order valence-electron chi connectivity index (χ4n) is 1.59. The van der Waals surface area contributed by atoms with Crippen LogP contribution in [-0.2, 0) is 6.42 Å². The monoisotopic (exact) mass is 269 g/mol. The van der Waals surface area contributed by atoms with Gasteiger partial charge in [0.05, 0.1) is 0 Å². The van der Waals surface area contributed by atoms with Crippen LogP contribution in [0.3, 0.4) is 0 Å². The number of halogens is 1. The molecule has 1 rings (SSSR count). The van der Waals surface area contributed by atoms with E-state index in [2.05, 4.69) is 55.8 Å². The van der Waals surface area contributed by atoms with Gasteiger partial charge in [-0.25, -0.2) is 0 Å². The highest BCUT2D eigenvalue weighted by Crippen LogP contribution is 2.25. The van der Waals surface area contributed by atoms with E-state index in [0.717, 1.165) is 12.8 Å². The van der Waals surface area contributed by atoms with Gasteiger partial charge in [0, 0.05) is 10.0 Å². The zero-order valence-corrected chi connectivity index (χ0v) is 11.6. The summed E-state index contributed by atoms with van der Waals surface area (Å²) in [5.41, 5.74) is 9.95. The van der Waals surface area contributed by atoms with Crippen molar-refractivity contribution in [1.29, 1.82) is 0 Å². The van der Waals surface area contributed by atoms with Crippen molar-refractivity contribution in [2.45, 2.75) is 46.1 Å². The summed E-state index contributed by atoms with van der Waals surface area (Å²) in [6.07, 6.45) is 2.07. The lowest BCUT2D eigenvalue weighted by molar-refractivity contribution is 0.476. The minimum atomic E-state index is -0.0796. The molecule has 1 aromatic rings. The van der Waals surface area contributed by atoms with Gasteiger partial charge < -0.3 is 5.73 Å². The Balaban J connectivity index is 2.83. The van der Waals surface area contributed by atoms with Gasteiger partial charge in [-0.1, -0.05) is 28.1 Å². The lowest BCUT2D eigenvalue weighted by Gasteiger charge is -2.19. The van der Waals surface area contributed by atoms with Crippen molar-refractivity contribution in [3.63, 3.8) is 0 Å². The van der Waals surface area contributed by atoms with Crippen LogP contribution >= 0.6 is 15.9 Å². The number of hydrogen-bond donors (Lipinski definition) is 1. The van der Waals surface area contributed by atoms with Crippen molar-refractivity contribution in [3.8, 4) is 0 Å². The fourth-order valence-corrected chi connectivity index (χ4v) is 1.97. The van der Waals surface area contributed by atoms with Gasteiger partial charge in [0.1, 0.15) is 0 Å². The predicted octanol–water partition coefficient (Wildman–Crippen LogP) is 3.74. The fraction of sp³-hybridized carbons (Fsp3) is 0.538. The Bertz CT molecular complexity index is 350. The molecule has 0 saturated carbocycles. The van der Waals surface area contributed by atoms with Crippen molar-refractivity contribution in [2.75, 3.05) is 0 Å². The molecule has 2 N–H and O–H groups in total. The summed E-state index contributed by atoms with van der Waals surface area (Å²) in [4.78, 5) is 0. The Morgan fingerprint density at radius 3 is 2.40 bits per heavy atom. The maximum atomic E-state index is 5.99. The first kappa shape index (κ1) is 12.7. The molecule has 0 unspecified atom stereocenters. The van der Waals surface area contributed by atoms with Crippen molar-refractivity contribution < 1.29 is 0 Å². The Labute approximate surface area is 101 Å². The van der Waals surface area contributed by atoms with Gasteiger partial charge in [0.15, 0.2) is 0 Å². The third kappa shape index (κ3) is 3.62. The maximum absolute atomic E-state index is 5.99. The van der Waals surface area contributed by atoms with E-state index < -0.39 is 0 Å². The molecule has 0 aromatic heterocycles. The second kappa shape index (κ2) is 4.67. The second-order valence-corrected chi connectivity index (χ2v) is 5.76. The number of nitrogens with two attached hydrogens (primary N) is 1. The predicted molar refractivity (Wildman–Crippen MR) is 70.2 cm³/mol. The molecular weight excluding hydrogens is 250 g/mol. The lowest BCUT2D eigenvalue weighted by atomic mass is 9.94. The molecular formula is C13H20BrN. The molecule has 0 fully saturated rings. The summed E-state index contributed by atoms with van der Waals surface area (Å²) >= 11 is 3.62. The van der Waals surface area contributed by atoms with Gasteiger partial charge in [-0.2, -0.15) is 0 Å². The first-order valence-corrected chi connectivity index (χ1v) is 6.14. The van der Waals surface area contributed by atoms with E-state index in [0.29, 0.717) is 0 Å². The molecule has 0 heterocycles. The van der Waals surface area contributed by atoms with Crippen LogP contribution in [-0.4, -0.2) is 5.54 Å². The third-order valence-electron chi connectivity index (χ3n) is 2.73.